The Kier molecular flexibility index (Phi) is 14.1. The first kappa shape index (κ1) is 39.2. The van der Waals surface area contributed by atoms with Crippen LogP contribution in [0.2, 0.25) is 0 Å². The number of carboxylic acids is 2. The number of fused-ring (bicyclic) bond motifs is 1. The van der Waals surface area contributed by atoms with E-state index >= 15 is 0 Å². The fourth-order valence-corrected chi connectivity index (χ4v) is 4.58. The number of aromatic nitrogens is 1. The first-order chi connectivity index (χ1) is 22.3. The number of piperidine rings is 1. The Morgan fingerprint density at radius 3 is 2.06 bits per heavy atom. The third-order valence-electron chi connectivity index (χ3n) is 6.78. The number of hydrogen-bond acceptors (Lipinski definition) is 8. The van der Waals surface area contributed by atoms with E-state index in [0.717, 1.165) is 41.5 Å². The molecule has 0 aliphatic carbocycles. The number of nitrogens with zero attached hydrogens (tertiary/aromatic N) is 2. The lowest BCUT2D eigenvalue weighted by Gasteiger charge is -2.39. The van der Waals surface area contributed by atoms with Crippen molar-refractivity contribution in [2.45, 2.75) is 51.3 Å². The van der Waals surface area contributed by atoms with Gasteiger partial charge in [-0.15, -0.1) is 0 Å². The Balaban J connectivity index is 0.000000479. The lowest BCUT2D eigenvalue weighted by atomic mass is 9.91. The van der Waals surface area contributed by atoms with E-state index in [9.17, 15) is 35.9 Å². The predicted molar refractivity (Wildman–Crippen MR) is 156 cm³/mol. The number of halogens is 6. The molecule has 1 aliphatic rings. The maximum atomic E-state index is 12.9. The second-order valence-electron chi connectivity index (χ2n) is 10.4. The van der Waals surface area contributed by atoms with Crippen LogP contribution in [0.1, 0.15) is 40.9 Å². The highest BCUT2D eigenvalue weighted by molar-refractivity contribution is 5.94. The van der Waals surface area contributed by atoms with Crippen molar-refractivity contribution in [3.8, 4) is 5.75 Å². The van der Waals surface area contributed by atoms with Gasteiger partial charge in [0, 0.05) is 34.5 Å². The molecule has 4 rings (SSSR count). The molecule has 1 unspecified atom stereocenters. The summed E-state index contributed by atoms with van der Waals surface area (Å²) >= 11 is 0. The number of carbonyl (C=O) groups excluding carboxylic acids is 2. The third-order valence-corrected chi connectivity index (χ3v) is 6.78. The molecule has 262 valence electrons. The number of carboxylic acid groups (broad SMARTS) is 2. The standard InChI is InChI=1S/C26H30N4O4.2C2HF3O2/c1-17-14-20(22-7-3-4-8-23(22)27-17)16-34-21-11-9-18(10-12-21)26(32)28-25-19(15-24(31)29-33)6-5-13-30(25)2;2*3-2(4,5)1(6)7/h3-4,7-12,14,19,25,33H,5-6,13,15-16H2,1-2H3,(H,28,32)(H,29,31);2*(H,6,7)/t19-,25?;;/m1../s1. The van der Waals surface area contributed by atoms with E-state index in [-0.39, 0.29) is 24.4 Å². The number of nitrogens with one attached hydrogen (secondary N) is 2. The van der Waals surface area contributed by atoms with Gasteiger partial charge >= 0.3 is 24.3 Å². The highest BCUT2D eigenvalue weighted by atomic mass is 19.4. The van der Waals surface area contributed by atoms with Crippen molar-refractivity contribution in [3.63, 3.8) is 0 Å². The molecule has 1 aliphatic heterocycles. The van der Waals surface area contributed by atoms with Crippen molar-refractivity contribution < 1.29 is 65.7 Å². The molecule has 48 heavy (non-hydrogen) atoms. The van der Waals surface area contributed by atoms with E-state index in [2.05, 4.69) is 10.3 Å². The van der Waals surface area contributed by atoms with Crippen LogP contribution in [-0.2, 0) is 21.0 Å². The Morgan fingerprint density at radius 2 is 1.52 bits per heavy atom. The minimum absolute atomic E-state index is 0.0731. The maximum Gasteiger partial charge on any atom is 0.490 e. The quantitative estimate of drug-likeness (QED) is 0.133. The minimum Gasteiger partial charge on any atom is -0.489 e. The summed E-state index contributed by atoms with van der Waals surface area (Å²) in [5.41, 5.74) is 5.14. The zero-order valence-corrected chi connectivity index (χ0v) is 25.4. The van der Waals surface area contributed by atoms with Crippen LogP contribution in [0.15, 0.2) is 54.6 Å². The molecular weight excluding hydrogens is 658 g/mol. The van der Waals surface area contributed by atoms with Gasteiger partial charge in [-0.25, -0.2) is 15.1 Å². The van der Waals surface area contributed by atoms with Crippen molar-refractivity contribution in [1.82, 2.24) is 20.7 Å². The molecule has 18 heteroatoms. The van der Waals surface area contributed by atoms with E-state index in [0.29, 0.717) is 17.9 Å². The van der Waals surface area contributed by atoms with Gasteiger partial charge in [0.2, 0.25) is 5.91 Å². The van der Waals surface area contributed by atoms with Crippen molar-refractivity contribution in [2.75, 3.05) is 13.6 Å². The number of para-hydroxylation sites is 1. The van der Waals surface area contributed by atoms with Crippen molar-refractivity contribution >= 4 is 34.7 Å². The van der Waals surface area contributed by atoms with Gasteiger partial charge in [0.05, 0.1) is 11.7 Å². The molecular formula is C30H32F6N4O8. The van der Waals surface area contributed by atoms with Gasteiger partial charge in [0.1, 0.15) is 12.4 Å². The van der Waals surface area contributed by atoms with Gasteiger partial charge in [-0.2, -0.15) is 26.3 Å². The van der Waals surface area contributed by atoms with Crippen LogP contribution in [0, 0.1) is 12.8 Å². The molecule has 1 fully saturated rings. The number of amides is 2. The van der Waals surface area contributed by atoms with Crippen LogP contribution in [0.3, 0.4) is 0 Å². The van der Waals surface area contributed by atoms with E-state index in [1.54, 1.807) is 29.7 Å². The lowest BCUT2D eigenvalue weighted by molar-refractivity contribution is -0.193. The Bertz CT molecular complexity index is 1540. The van der Waals surface area contributed by atoms with E-state index < -0.39 is 30.2 Å². The smallest absolute Gasteiger partial charge is 0.489 e. The molecule has 2 aromatic carbocycles. The molecule has 12 nitrogen and oxygen atoms in total. The summed E-state index contributed by atoms with van der Waals surface area (Å²) in [7, 11) is 1.93. The number of carbonyl (C=O) groups is 4. The molecule has 5 N–H and O–H groups in total. The average molecular weight is 691 g/mol. The first-order valence-corrected chi connectivity index (χ1v) is 14.0. The largest absolute Gasteiger partial charge is 0.490 e. The molecule has 3 aromatic rings. The summed E-state index contributed by atoms with van der Waals surface area (Å²) in [5, 5.41) is 27.2. The SMILES string of the molecule is Cc1cc(COc2ccc(C(=O)NC3[C@@H](CC(=O)NO)CCCN3C)cc2)c2ccccc2n1.O=C(O)C(F)(F)F.O=C(O)C(F)(F)F. The summed E-state index contributed by atoms with van der Waals surface area (Å²) in [6.45, 7) is 3.20. The van der Waals surface area contributed by atoms with Gasteiger partial charge in [-0.05, 0) is 69.8 Å². The van der Waals surface area contributed by atoms with Crippen LogP contribution in [0.5, 0.6) is 5.75 Å². The number of rotatable bonds is 7. The fraction of sp³-hybridized carbons (Fsp3) is 0.367. The molecule has 2 amide bonds. The second-order valence-corrected chi connectivity index (χ2v) is 10.4. The summed E-state index contributed by atoms with van der Waals surface area (Å²) in [4.78, 5) is 49.0. The minimum atomic E-state index is -5.08. The van der Waals surface area contributed by atoms with Gasteiger partial charge in [0.15, 0.2) is 0 Å². The monoisotopic (exact) mass is 690 g/mol. The average Bonchev–Trinajstić information content (AvgIpc) is 3.01. The molecule has 0 bridgehead atoms. The number of aryl methyl sites for hydroxylation is 1. The molecule has 1 aromatic heterocycles. The Morgan fingerprint density at radius 1 is 0.958 bits per heavy atom. The van der Waals surface area contributed by atoms with Gasteiger partial charge in [-0.1, -0.05) is 18.2 Å². The third kappa shape index (κ3) is 12.3. The predicted octanol–water partition coefficient (Wildman–Crippen LogP) is 4.68. The van der Waals surface area contributed by atoms with Crippen LogP contribution in [0.4, 0.5) is 26.3 Å². The highest BCUT2D eigenvalue weighted by Gasteiger charge is 2.39. The number of aliphatic carboxylic acids is 2. The van der Waals surface area contributed by atoms with Crippen molar-refractivity contribution in [1.29, 1.82) is 0 Å². The molecule has 2 heterocycles. The number of pyridine rings is 1. The van der Waals surface area contributed by atoms with Gasteiger partial charge in [-0.3, -0.25) is 24.7 Å². The molecule has 0 spiro atoms. The molecule has 1 saturated heterocycles. The topological polar surface area (TPSA) is 178 Å². The van der Waals surface area contributed by atoms with Crippen LogP contribution in [0.25, 0.3) is 10.9 Å². The van der Waals surface area contributed by atoms with Crippen LogP contribution >= 0.6 is 0 Å². The number of likely N-dealkylation sites (tertiary alicyclic amines) is 1. The highest BCUT2D eigenvalue weighted by Crippen LogP contribution is 2.25. The number of hydroxylamine groups is 1. The summed E-state index contributed by atoms with van der Waals surface area (Å²) < 4.78 is 69.5. The van der Waals surface area contributed by atoms with Gasteiger partial charge in [0.25, 0.3) is 5.91 Å². The van der Waals surface area contributed by atoms with E-state index in [1.807, 2.05) is 49.2 Å². The van der Waals surface area contributed by atoms with E-state index in [1.165, 1.54) is 0 Å². The van der Waals surface area contributed by atoms with Gasteiger partial charge < -0.3 is 20.3 Å². The summed E-state index contributed by atoms with van der Waals surface area (Å²) in [6.07, 6.45) is -8.55. The second kappa shape index (κ2) is 17.3. The lowest BCUT2D eigenvalue weighted by Crippen LogP contribution is -2.54. The number of benzene rings is 2. The zero-order chi connectivity index (χ0) is 36.2. The molecule has 0 saturated carbocycles. The number of ether oxygens (including phenoxy) is 1. The van der Waals surface area contributed by atoms with Crippen molar-refractivity contribution in [2.24, 2.45) is 5.92 Å². The fourth-order valence-electron chi connectivity index (χ4n) is 4.58. The zero-order valence-electron chi connectivity index (χ0n) is 25.4. The van der Waals surface area contributed by atoms with E-state index in [4.69, 9.17) is 29.7 Å². The van der Waals surface area contributed by atoms with Crippen LogP contribution in [-0.4, -0.2) is 81.2 Å². The molecule has 0 radical (unpaired) electrons. The first-order valence-electron chi connectivity index (χ1n) is 14.0. The Labute approximate surface area is 269 Å². The summed E-state index contributed by atoms with van der Waals surface area (Å²) in [6, 6.07) is 17.0. The summed E-state index contributed by atoms with van der Waals surface area (Å²) in [5.74, 6) is -5.58. The van der Waals surface area contributed by atoms with Crippen molar-refractivity contribution in [3.05, 3.63) is 71.4 Å². The normalized spacial score (nSPS) is 16.4. The number of alkyl halides is 6. The van der Waals surface area contributed by atoms with Crippen LogP contribution < -0.4 is 15.5 Å². The maximum absolute atomic E-state index is 12.9. The Hall–Kier alpha value is -4.97. The molecule has 2 atom stereocenters. The number of hydrogen-bond donors (Lipinski definition) is 5.